The van der Waals surface area contributed by atoms with Crippen LogP contribution in [0.1, 0.15) is 219 Å². The number of rotatable bonds is 45. The number of phosphoric ester groups is 1. The summed E-state index contributed by atoms with van der Waals surface area (Å²) >= 11 is 0. The molecule has 0 saturated heterocycles. The topological polar surface area (TPSA) is 91.3 Å². The van der Waals surface area contributed by atoms with Crippen LogP contribution in [0.15, 0.2) is 24.3 Å². The second kappa shape index (κ2) is 41.7. The van der Waals surface area contributed by atoms with Crippen LogP contribution in [0.3, 0.4) is 0 Å². The van der Waals surface area contributed by atoms with Gasteiger partial charge < -0.3 is 18.9 Å². The second-order valence-electron chi connectivity index (χ2n) is 17.5. The van der Waals surface area contributed by atoms with Gasteiger partial charge in [-0.15, -0.1) is 0 Å². The third kappa shape index (κ3) is 45.9. The number of quaternary nitrogens is 1. The molecule has 0 aromatic rings. The molecule has 0 amide bonds. The first-order chi connectivity index (χ1) is 27.6. The maximum absolute atomic E-state index is 12.7. The fourth-order valence-electron chi connectivity index (χ4n) is 6.76. The molecule has 1 N–H and O–H groups in total. The number of carbonyl (C=O) groups is 1. The normalized spacial score (nSPS) is 13.9. The second-order valence-corrected chi connectivity index (χ2v) is 19.0. The van der Waals surface area contributed by atoms with Crippen molar-refractivity contribution >= 4 is 13.8 Å². The average molecular weight is 829 g/mol. The number of ether oxygens (including phenoxy) is 2. The predicted molar refractivity (Wildman–Crippen MR) is 243 cm³/mol. The number of hydrogen-bond donors (Lipinski definition) is 1. The average Bonchev–Trinajstić information content (AvgIpc) is 3.16. The molecule has 57 heavy (non-hydrogen) atoms. The van der Waals surface area contributed by atoms with Crippen LogP contribution in [0.5, 0.6) is 0 Å². The number of allylic oxidation sites excluding steroid dienone is 4. The number of hydrogen-bond acceptors (Lipinski definition) is 6. The molecule has 0 heterocycles. The SMILES string of the molecule is CCCCCCC/C=C\C/C=C\CCCCCCCCCCCCCCOCC(COP(=O)(O)OCC[N+](C)(C)C)OC(=O)CCCCCCCCCCCCC. The number of likely N-dealkylation sites (N-methyl/N-ethyl adjacent to an activating group) is 1. The first kappa shape index (κ1) is 56.0. The lowest BCUT2D eigenvalue weighted by Crippen LogP contribution is -2.37. The van der Waals surface area contributed by atoms with Crippen molar-refractivity contribution in [3.05, 3.63) is 24.3 Å². The van der Waals surface area contributed by atoms with Crippen LogP contribution in [0, 0.1) is 0 Å². The van der Waals surface area contributed by atoms with Gasteiger partial charge >= 0.3 is 13.8 Å². The van der Waals surface area contributed by atoms with Crippen molar-refractivity contribution in [1.29, 1.82) is 0 Å². The summed E-state index contributed by atoms with van der Waals surface area (Å²) in [5, 5.41) is 0. The van der Waals surface area contributed by atoms with Gasteiger partial charge in [0.25, 0.3) is 0 Å². The van der Waals surface area contributed by atoms with Crippen molar-refractivity contribution < 1.29 is 37.3 Å². The molecular formula is C48H95NO7P+. The highest BCUT2D eigenvalue weighted by Crippen LogP contribution is 2.43. The maximum Gasteiger partial charge on any atom is 0.472 e. The first-order valence-corrected chi connectivity index (χ1v) is 25.6. The largest absolute Gasteiger partial charge is 0.472 e. The van der Waals surface area contributed by atoms with Gasteiger partial charge in [0.15, 0.2) is 0 Å². The van der Waals surface area contributed by atoms with E-state index in [0.29, 0.717) is 24.1 Å². The van der Waals surface area contributed by atoms with E-state index >= 15 is 0 Å². The van der Waals surface area contributed by atoms with Crippen LogP contribution in [0.25, 0.3) is 0 Å². The van der Waals surface area contributed by atoms with Gasteiger partial charge in [0.2, 0.25) is 0 Å². The molecule has 2 atom stereocenters. The van der Waals surface area contributed by atoms with Crippen molar-refractivity contribution in [3.63, 3.8) is 0 Å². The zero-order chi connectivity index (χ0) is 42.0. The molecule has 0 saturated carbocycles. The number of unbranched alkanes of at least 4 members (excludes halogenated alkanes) is 27. The molecule has 0 aliphatic carbocycles. The lowest BCUT2D eigenvalue weighted by atomic mass is 10.0. The Labute approximate surface area is 353 Å². The quantitative estimate of drug-likeness (QED) is 0.0215. The van der Waals surface area contributed by atoms with Crippen LogP contribution in [-0.4, -0.2) is 75.6 Å². The molecule has 0 bridgehead atoms. The lowest BCUT2D eigenvalue weighted by molar-refractivity contribution is -0.870. The summed E-state index contributed by atoms with van der Waals surface area (Å²) in [4.78, 5) is 22.9. The van der Waals surface area contributed by atoms with E-state index in [0.717, 1.165) is 38.5 Å². The smallest absolute Gasteiger partial charge is 0.457 e. The Morgan fingerprint density at radius 2 is 0.965 bits per heavy atom. The highest BCUT2D eigenvalue weighted by molar-refractivity contribution is 7.47. The molecule has 0 rings (SSSR count). The number of phosphoric acid groups is 1. The highest BCUT2D eigenvalue weighted by atomic mass is 31.2. The summed E-state index contributed by atoms with van der Waals surface area (Å²) in [6.45, 7) is 5.63. The van der Waals surface area contributed by atoms with Crippen molar-refractivity contribution in [2.75, 3.05) is 54.1 Å². The van der Waals surface area contributed by atoms with Gasteiger partial charge in [-0.1, -0.05) is 192 Å². The molecule has 338 valence electrons. The van der Waals surface area contributed by atoms with Gasteiger partial charge in [-0.05, 0) is 44.9 Å². The van der Waals surface area contributed by atoms with Crippen molar-refractivity contribution in [3.8, 4) is 0 Å². The van der Waals surface area contributed by atoms with Crippen molar-refractivity contribution in [2.45, 2.75) is 225 Å². The van der Waals surface area contributed by atoms with E-state index in [1.54, 1.807) is 0 Å². The molecule has 0 fully saturated rings. The molecule has 8 nitrogen and oxygen atoms in total. The van der Waals surface area contributed by atoms with E-state index in [4.69, 9.17) is 18.5 Å². The zero-order valence-corrected chi connectivity index (χ0v) is 39.2. The predicted octanol–water partition coefficient (Wildman–Crippen LogP) is 14.4. The molecule has 0 aromatic heterocycles. The Kier molecular flexibility index (Phi) is 41.0. The van der Waals surface area contributed by atoms with Gasteiger partial charge in [0.1, 0.15) is 19.3 Å². The summed E-state index contributed by atoms with van der Waals surface area (Å²) in [5.74, 6) is -0.313. The van der Waals surface area contributed by atoms with Crippen molar-refractivity contribution in [1.82, 2.24) is 0 Å². The monoisotopic (exact) mass is 829 g/mol. The van der Waals surface area contributed by atoms with E-state index in [-0.39, 0.29) is 25.8 Å². The minimum Gasteiger partial charge on any atom is -0.457 e. The molecule has 2 unspecified atom stereocenters. The Morgan fingerprint density at radius 1 is 0.544 bits per heavy atom. The van der Waals surface area contributed by atoms with E-state index in [1.807, 2.05) is 21.1 Å². The van der Waals surface area contributed by atoms with E-state index < -0.39 is 13.9 Å². The Bertz CT molecular complexity index is 967. The minimum absolute atomic E-state index is 0.0907. The zero-order valence-electron chi connectivity index (χ0n) is 38.3. The summed E-state index contributed by atoms with van der Waals surface area (Å²) in [5.41, 5.74) is 0. The Morgan fingerprint density at radius 3 is 1.42 bits per heavy atom. The molecule has 0 aliphatic heterocycles. The summed E-state index contributed by atoms with van der Waals surface area (Å²) in [6.07, 6.45) is 47.9. The van der Waals surface area contributed by atoms with E-state index in [2.05, 4.69) is 38.2 Å². The fourth-order valence-corrected chi connectivity index (χ4v) is 7.50. The molecular weight excluding hydrogens is 734 g/mol. The molecule has 0 radical (unpaired) electrons. The van der Waals surface area contributed by atoms with Crippen LogP contribution in [-0.2, 0) is 27.9 Å². The van der Waals surface area contributed by atoms with Gasteiger partial charge in [-0.2, -0.15) is 0 Å². The Balaban J connectivity index is 4.05. The van der Waals surface area contributed by atoms with Crippen molar-refractivity contribution in [2.24, 2.45) is 0 Å². The van der Waals surface area contributed by atoms with E-state index in [1.165, 1.54) is 161 Å². The molecule has 9 heteroatoms. The first-order valence-electron chi connectivity index (χ1n) is 24.1. The minimum atomic E-state index is -4.27. The van der Waals surface area contributed by atoms with Crippen LogP contribution < -0.4 is 0 Å². The molecule has 0 aliphatic rings. The van der Waals surface area contributed by atoms with Crippen LogP contribution >= 0.6 is 7.82 Å². The lowest BCUT2D eigenvalue weighted by Gasteiger charge is -2.24. The van der Waals surface area contributed by atoms with Gasteiger partial charge in [-0.25, -0.2) is 4.57 Å². The Hall–Kier alpha value is -1.02. The molecule has 0 spiro atoms. The van der Waals surface area contributed by atoms with Gasteiger partial charge in [0.05, 0.1) is 34.4 Å². The van der Waals surface area contributed by atoms with Crippen LogP contribution in [0.2, 0.25) is 0 Å². The summed E-state index contributed by atoms with van der Waals surface area (Å²) in [6, 6.07) is 0. The number of carbonyl (C=O) groups excluding carboxylic acids is 1. The number of nitrogens with zero attached hydrogens (tertiary/aromatic N) is 1. The highest BCUT2D eigenvalue weighted by Gasteiger charge is 2.26. The maximum atomic E-state index is 12.7. The third-order valence-electron chi connectivity index (χ3n) is 10.5. The van der Waals surface area contributed by atoms with E-state index in [9.17, 15) is 14.3 Å². The standard InChI is InChI=1S/C48H94NO7P/c1-6-8-10-12-14-16-18-19-20-21-22-23-24-25-26-27-28-29-30-32-34-36-38-40-43-53-45-47(46-55-57(51,52)54-44-42-49(3,4)5)56-48(50)41-39-37-35-33-31-17-15-13-11-9-7-2/h18-19,21-22,47H,6-17,20,23-46H2,1-5H3/p+1/b19-18-,22-21-. The number of esters is 1. The fraction of sp³-hybridized carbons (Fsp3) is 0.896. The third-order valence-corrected chi connectivity index (χ3v) is 11.5. The summed E-state index contributed by atoms with van der Waals surface area (Å²) in [7, 11) is 1.68. The van der Waals surface area contributed by atoms with Gasteiger partial charge in [-0.3, -0.25) is 13.8 Å². The summed E-state index contributed by atoms with van der Waals surface area (Å²) < 4.78 is 35.0. The van der Waals surface area contributed by atoms with Crippen LogP contribution in [0.4, 0.5) is 0 Å². The molecule has 0 aromatic carbocycles. The van der Waals surface area contributed by atoms with Gasteiger partial charge in [0, 0.05) is 13.0 Å².